The van der Waals surface area contributed by atoms with E-state index in [1.54, 1.807) is 0 Å². The Kier molecular flexibility index (Phi) is 4.77. The van der Waals surface area contributed by atoms with Gasteiger partial charge in [-0.2, -0.15) is 0 Å². The van der Waals surface area contributed by atoms with Gasteiger partial charge in [0, 0.05) is 11.6 Å². The maximum absolute atomic E-state index is 6.25. The predicted molar refractivity (Wildman–Crippen MR) is 133 cm³/mol. The highest BCUT2D eigenvalue weighted by atomic mass is 16.7. The van der Waals surface area contributed by atoms with Crippen LogP contribution in [0.3, 0.4) is 0 Å². The second kappa shape index (κ2) is 7.19. The maximum Gasteiger partial charge on any atom is 0.494 e. The summed E-state index contributed by atoms with van der Waals surface area (Å²) >= 11 is 0. The lowest BCUT2D eigenvalue weighted by Gasteiger charge is -2.32. The fraction of sp³-hybridized carbons (Fsp3) is 0.370. The molecule has 0 atom stereocenters. The van der Waals surface area contributed by atoms with E-state index in [9.17, 15) is 0 Å². The molecule has 2 heterocycles. The minimum Gasteiger partial charge on any atom is -0.399 e. The number of hydrogen-bond donors (Lipinski definition) is 0. The summed E-state index contributed by atoms with van der Waals surface area (Å²) in [6.07, 6.45) is 0. The highest BCUT2D eigenvalue weighted by molar-refractivity contribution is 6.62. The summed E-state index contributed by atoms with van der Waals surface area (Å²) in [6, 6.07) is 19.6. The lowest BCUT2D eigenvalue weighted by atomic mass is 9.78. The Morgan fingerprint density at radius 3 is 2.19 bits per heavy atom. The minimum atomic E-state index is -0.350. The standard InChI is InChI=1S/C27H31BN2O2/c1-17(2)25-29-23-13-8-18(3)14-24(23)30(25)22-12-10-19-15-21(11-9-20(19)16-22)28-31-26(4,5)27(6,7)32-28/h8-17H,1-7H3. The van der Waals surface area contributed by atoms with Crippen LogP contribution >= 0.6 is 0 Å². The van der Waals surface area contributed by atoms with Crippen LogP contribution in [-0.2, 0) is 9.31 Å². The molecule has 0 aliphatic carbocycles. The highest BCUT2D eigenvalue weighted by Crippen LogP contribution is 2.37. The van der Waals surface area contributed by atoms with E-state index in [1.165, 1.54) is 16.3 Å². The number of aromatic nitrogens is 2. The van der Waals surface area contributed by atoms with E-state index < -0.39 is 0 Å². The van der Waals surface area contributed by atoms with Crippen LogP contribution in [0.1, 0.15) is 58.8 Å². The zero-order valence-corrected chi connectivity index (χ0v) is 20.1. The first-order valence-corrected chi connectivity index (χ1v) is 11.4. The predicted octanol–water partition coefficient (Wildman–Crippen LogP) is 5.91. The van der Waals surface area contributed by atoms with Crippen molar-refractivity contribution in [3.8, 4) is 5.69 Å². The Labute approximate surface area is 190 Å². The van der Waals surface area contributed by atoms with Gasteiger partial charge in [0.2, 0.25) is 0 Å². The van der Waals surface area contributed by atoms with Crippen molar-refractivity contribution < 1.29 is 9.31 Å². The first kappa shape index (κ1) is 21.2. The van der Waals surface area contributed by atoms with Crippen molar-refractivity contribution in [2.45, 2.75) is 65.6 Å². The topological polar surface area (TPSA) is 36.3 Å². The molecule has 0 radical (unpaired) electrons. The molecule has 0 saturated carbocycles. The summed E-state index contributed by atoms with van der Waals surface area (Å²) in [5.41, 5.74) is 4.93. The monoisotopic (exact) mass is 426 g/mol. The Morgan fingerprint density at radius 2 is 1.50 bits per heavy atom. The third-order valence-corrected chi connectivity index (χ3v) is 6.98. The van der Waals surface area contributed by atoms with E-state index in [0.29, 0.717) is 5.92 Å². The SMILES string of the molecule is Cc1ccc2nc(C(C)C)n(-c3ccc4cc(B5OC(C)(C)C(C)(C)O5)ccc4c3)c2c1. The second-order valence-electron chi connectivity index (χ2n) is 10.3. The summed E-state index contributed by atoms with van der Waals surface area (Å²) in [5.74, 6) is 1.41. The van der Waals surface area contributed by atoms with E-state index in [-0.39, 0.29) is 18.3 Å². The molecule has 1 saturated heterocycles. The molecule has 0 spiro atoms. The molecule has 0 unspecified atom stereocenters. The van der Waals surface area contributed by atoms with Crippen LogP contribution in [0.5, 0.6) is 0 Å². The van der Waals surface area contributed by atoms with Crippen LogP contribution in [0, 0.1) is 6.92 Å². The number of hydrogen-bond acceptors (Lipinski definition) is 3. The number of nitrogens with zero attached hydrogens (tertiary/aromatic N) is 2. The van der Waals surface area contributed by atoms with Gasteiger partial charge in [0.05, 0.1) is 22.2 Å². The van der Waals surface area contributed by atoms with E-state index in [0.717, 1.165) is 28.0 Å². The average molecular weight is 426 g/mol. The molecule has 4 nitrogen and oxygen atoms in total. The molecule has 0 amide bonds. The Balaban J connectivity index is 1.58. The van der Waals surface area contributed by atoms with Gasteiger partial charge in [0.25, 0.3) is 0 Å². The van der Waals surface area contributed by atoms with Gasteiger partial charge in [-0.25, -0.2) is 4.98 Å². The Hall–Kier alpha value is -2.63. The van der Waals surface area contributed by atoms with Crippen LogP contribution in [0.2, 0.25) is 0 Å². The van der Waals surface area contributed by atoms with Crippen molar-refractivity contribution in [3.63, 3.8) is 0 Å². The van der Waals surface area contributed by atoms with Gasteiger partial charge < -0.3 is 9.31 Å². The van der Waals surface area contributed by atoms with Crippen molar-refractivity contribution in [1.29, 1.82) is 0 Å². The molecule has 3 aromatic carbocycles. The number of aryl methyl sites for hydroxylation is 1. The Morgan fingerprint density at radius 1 is 0.844 bits per heavy atom. The van der Waals surface area contributed by atoms with Crippen LogP contribution in [0.4, 0.5) is 0 Å². The fourth-order valence-electron chi connectivity index (χ4n) is 4.38. The molecule has 0 N–H and O–H groups in total. The van der Waals surface area contributed by atoms with E-state index in [4.69, 9.17) is 14.3 Å². The molecule has 32 heavy (non-hydrogen) atoms. The molecule has 0 bridgehead atoms. The van der Waals surface area contributed by atoms with Gasteiger partial charge in [0.15, 0.2) is 0 Å². The number of imidazole rings is 1. The molecule has 1 aliphatic heterocycles. The Bertz CT molecular complexity index is 1320. The largest absolute Gasteiger partial charge is 0.494 e. The summed E-state index contributed by atoms with van der Waals surface area (Å²) < 4.78 is 14.8. The molecule has 5 heteroatoms. The summed E-state index contributed by atoms with van der Waals surface area (Å²) in [4.78, 5) is 4.93. The van der Waals surface area contributed by atoms with Gasteiger partial charge in [-0.1, -0.05) is 44.2 Å². The first-order chi connectivity index (χ1) is 15.1. The number of fused-ring (bicyclic) bond motifs is 2. The van der Waals surface area contributed by atoms with Crippen LogP contribution < -0.4 is 5.46 Å². The van der Waals surface area contributed by atoms with Crippen molar-refractivity contribution in [2.24, 2.45) is 0 Å². The van der Waals surface area contributed by atoms with Crippen molar-refractivity contribution in [3.05, 3.63) is 66.0 Å². The van der Waals surface area contributed by atoms with Gasteiger partial charge in [-0.15, -0.1) is 0 Å². The number of rotatable bonds is 3. The molecule has 1 aromatic heterocycles. The minimum absolute atomic E-state index is 0.323. The molecule has 1 aliphatic rings. The lowest BCUT2D eigenvalue weighted by Crippen LogP contribution is -2.41. The normalized spacial score (nSPS) is 17.7. The van der Waals surface area contributed by atoms with Gasteiger partial charge >= 0.3 is 7.12 Å². The second-order valence-corrected chi connectivity index (χ2v) is 10.3. The first-order valence-electron chi connectivity index (χ1n) is 11.4. The van der Waals surface area contributed by atoms with Crippen molar-refractivity contribution in [2.75, 3.05) is 0 Å². The van der Waals surface area contributed by atoms with Gasteiger partial charge in [-0.05, 0) is 80.7 Å². The molecule has 5 rings (SSSR count). The number of benzene rings is 3. The van der Waals surface area contributed by atoms with Crippen LogP contribution in [0.25, 0.3) is 27.5 Å². The summed E-state index contributed by atoms with van der Waals surface area (Å²) in [5, 5.41) is 2.36. The molecular weight excluding hydrogens is 395 g/mol. The van der Waals surface area contributed by atoms with Gasteiger partial charge in [0.1, 0.15) is 5.82 Å². The lowest BCUT2D eigenvalue weighted by molar-refractivity contribution is 0.00578. The van der Waals surface area contributed by atoms with Crippen molar-refractivity contribution >= 4 is 34.4 Å². The van der Waals surface area contributed by atoms with Crippen LogP contribution in [-0.4, -0.2) is 27.9 Å². The van der Waals surface area contributed by atoms with E-state index in [1.807, 2.05) is 0 Å². The molecule has 1 fully saturated rings. The third-order valence-electron chi connectivity index (χ3n) is 6.98. The zero-order valence-electron chi connectivity index (χ0n) is 20.1. The smallest absolute Gasteiger partial charge is 0.399 e. The van der Waals surface area contributed by atoms with E-state index in [2.05, 4.69) is 108 Å². The molecule has 164 valence electrons. The summed E-state index contributed by atoms with van der Waals surface area (Å²) in [6.45, 7) is 14.9. The maximum atomic E-state index is 6.25. The third kappa shape index (κ3) is 3.35. The highest BCUT2D eigenvalue weighted by Gasteiger charge is 2.51. The molecule has 4 aromatic rings. The van der Waals surface area contributed by atoms with Gasteiger partial charge in [-0.3, -0.25) is 4.57 Å². The zero-order chi connectivity index (χ0) is 22.8. The fourth-order valence-corrected chi connectivity index (χ4v) is 4.38. The quantitative estimate of drug-likeness (QED) is 0.382. The summed E-state index contributed by atoms with van der Waals surface area (Å²) in [7, 11) is -0.350. The van der Waals surface area contributed by atoms with E-state index >= 15 is 0 Å². The average Bonchev–Trinajstić information content (AvgIpc) is 3.20. The molecular formula is C27H31BN2O2. The van der Waals surface area contributed by atoms with Crippen LogP contribution in [0.15, 0.2) is 54.6 Å². The van der Waals surface area contributed by atoms with Crippen molar-refractivity contribution in [1.82, 2.24) is 9.55 Å².